The molecule has 1 aromatic carbocycles. The molecule has 1 heterocycles. The summed E-state index contributed by atoms with van der Waals surface area (Å²) in [5, 5.41) is 7.94. The van der Waals surface area contributed by atoms with E-state index in [9.17, 15) is 0 Å². The molecule has 94 valence electrons. The molecule has 0 saturated carbocycles. The lowest BCUT2D eigenvalue weighted by Crippen LogP contribution is -1.83. The van der Waals surface area contributed by atoms with Crippen LogP contribution < -0.4 is 0 Å². The van der Waals surface area contributed by atoms with Crippen molar-refractivity contribution < 1.29 is 0 Å². The first-order valence-electron chi connectivity index (χ1n) is 5.98. The molecule has 0 aliphatic carbocycles. The molecule has 0 saturated heterocycles. The minimum absolute atomic E-state index is 0.771. The Morgan fingerprint density at radius 3 is 2.67 bits per heavy atom. The maximum atomic E-state index is 4.46. The summed E-state index contributed by atoms with van der Waals surface area (Å²) >= 11 is 1.60. The third-order valence-electron chi connectivity index (χ3n) is 2.55. The van der Waals surface area contributed by atoms with Crippen LogP contribution in [0.2, 0.25) is 0 Å². The van der Waals surface area contributed by atoms with Crippen LogP contribution in [0.1, 0.15) is 19.4 Å². The van der Waals surface area contributed by atoms with Gasteiger partial charge in [0.1, 0.15) is 0 Å². The fourth-order valence-corrected chi connectivity index (χ4v) is 2.17. The lowest BCUT2D eigenvalue weighted by Gasteiger charge is -1.98. The van der Waals surface area contributed by atoms with Gasteiger partial charge in [-0.25, -0.2) is 4.98 Å². The maximum absolute atomic E-state index is 4.46. The van der Waals surface area contributed by atoms with E-state index in [1.165, 1.54) is 5.56 Å². The Balaban J connectivity index is 2.10. The van der Waals surface area contributed by atoms with E-state index in [0.29, 0.717) is 0 Å². The molecule has 0 atom stereocenters. The average Bonchev–Trinajstić information content (AvgIpc) is 2.85. The Bertz CT molecular complexity index is 528. The molecule has 4 heteroatoms. The molecular weight excluding hydrogens is 242 g/mol. The zero-order valence-electron chi connectivity index (χ0n) is 10.7. The Kier molecular flexibility index (Phi) is 4.20. The van der Waals surface area contributed by atoms with Gasteiger partial charge in [-0.05, 0) is 18.9 Å². The smallest absolute Gasteiger partial charge is 0.209 e. The first kappa shape index (κ1) is 12.9. The van der Waals surface area contributed by atoms with Crippen molar-refractivity contribution in [1.82, 2.24) is 15.2 Å². The molecule has 1 aromatic heterocycles. The molecule has 0 fully saturated rings. The summed E-state index contributed by atoms with van der Waals surface area (Å²) in [6, 6.07) is 8.40. The number of aromatic amines is 1. The lowest BCUT2D eigenvalue weighted by molar-refractivity contribution is 0.974. The number of nitrogens with zero attached hydrogens (tertiary/aromatic N) is 2. The number of hydrogen-bond donors (Lipinski definition) is 1. The summed E-state index contributed by atoms with van der Waals surface area (Å²) in [4.78, 5) is 4.46. The number of aromatic nitrogens is 3. The molecule has 2 aromatic rings. The summed E-state index contributed by atoms with van der Waals surface area (Å²) in [6.07, 6.45) is 1.05. The molecule has 3 nitrogen and oxygen atoms in total. The SMILES string of the molecule is C=C(C)CSc1n[nH]c(-c2ccc(CC)cc2)n1. The number of benzene rings is 1. The van der Waals surface area contributed by atoms with Gasteiger partial charge in [-0.2, -0.15) is 0 Å². The van der Waals surface area contributed by atoms with E-state index >= 15 is 0 Å². The van der Waals surface area contributed by atoms with Crippen LogP contribution in [0.3, 0.4) is 0 Å². The van der Waals surface area contributed by atoms with Gasteiger partial charge in [0.2, 0.25) is 5.16 Å². The second-order valence-electron chi connectivity index (χ2n) is 4.26. The molecule has 0 amide bonds. The third kappa shape index (κ3) is 3.23. The molecule has 0 unspecified atom stereocenters. The number of hydrogen-bond acceptors (Lipinski definition) is 3. The van der Waals surface area contributed by atoms with Crippen molar-refractivity contribution in [2.45, 2.75) is 25.4 Å². The topological polar surface area (TPSA) is 41.6 Å². The van der Waals surface area contributed by atoms with Crippen LogP contribution in [0.15, 0.2) is 41.6 Å². The maximum Gasteiger partial charge on any atom is 0.209 e. The summed E-state index contributed by atoms with van der Waals surface area (Å²) in [6.45, 7) is 8.02. The van der Waals surface area contributed by atoms with Crippen molar-refractivity contribution in [3.8, 4) is 11.4 Å². The van der Waals surface area contributed by atoms with E-state index in [1.54, 1.807) is 11.8 Å². The fraction of sp³-hybridized carbons (Fsp3) is 0.286. The zero-order valence-corrected chi connectivity index (χ0v) is 11.5. The monoisotopic (exact) mass is 259 g/mol. The van der Waals surface area contributed by atoms with Crippen molar-refractivity contribution in [2.75, 3.05) is 5.75 Å². The number of thioether (sulfide) groups is 1. The normalized spacial score (nSPS) is 10.6. The van der Waals surface area contributed by atoms with Crippen molar-refractivity contribution >= 4 is 11.8 Å². The highest BCUT2D eigenvalue weighted by atomic mass is 32.2. The zero-order chi connectivity index (χ0) is 13.0. The summed E-state index contributed by atoms with van der Waals surface area (Å²) in [5.41, 5.74) is 3.52. The quantitative estimate of drug-likeness (QED) is 0.657. The molecule has 0 aliphatic rings. The first-order chi connectivity index (χ1) is 8.69. The van der Waals surface area contributed by atoms with Crippen molar-refractivity contribution in [3.63, 3.8) is 0 Å². The highest BCUT2D eigenvalue weighted by molar-refractivity contribution is 7.99. The molecule has 18 heavy (non-hydrogen) atoms. The molecule has 0 aliphatic heterocycles. The fourth-order valence-electron chi connectivity index (χ4n) is 1.53. The van der Waals surface area contributed by atoms with Gasteiger partial charge >= 0.3 is 0 Å². The second-order valence-corrected chi connectivity index (χ2v) is 5.21. The van der Waals surface area contributed by atoms with Gasteiger partial charge in [-0.1, -0.05) is 55.1 Å². The van der Waals surface area contributed by atoms with E-state index in [4.69, 9.17) is 0 Å². The van der Waals surface area contributed by atoms with Crippen molar-refractivity contribution in [3.05, 3.63) is 42.0 Å². The molecular formula is C14H17N3S. The van der Waals surface area contributed by atoms with Gasteiger partial charge in [0.15, 0.2) is 5.82 Å². The summed E-state index contributed by atoms with van der Waals surface area (Å²) in [5.74, 6) is 1.67. The van der Waals surface area contributed by atoms with Crippen molar-refractivity contribution in [1.29, 1.82) is 0 Å². The summed E-state index contributed by atoms with van der Waals surface area (Å²) in [7, 11) is 0. The van der Waals surface area contributed by atoms with Gasteiger partial charge in [0, 0.05) is 11.3 Å². The van der Waals surface area contributed by atoms with Crippen LogP contribution in [0.5, 0.6) is 0 Å². The number of nitrogens with one attached hydrogen (secondary N) is 1. The van der Waals surface area contributed by atoms with E-state index in [0.717, 1.165) is 34.3 Å². The van der Waals surface area contributed by atoms with E-state index in [2.05, 4.69) is 52.9 Å². The largest absolute Gasteiger partial charge is 0.258 e. The van der Waals surface area contributed by atoms with E-state index in [-0.39, 0.29) is 0 Å². The summed E-state index contributed by atoms with van der Waals surface area (Å²) < 4.78 is 0. The minimum atomic E-state index is 0.771. The Hall–Kier alpha value is -1.55. The third-order valence-corrected chi connectivity index (χ3v) is 3.63. The van der Waals surface area contributed by atoms with Gasteiger partial charge < -0.3 is 0 Å². The van der Waals surface area contributed by atoms with E-state index in [1.807, 2.05) is 6.92 Å². The van der Waals surface area contributed by atoms with Crippen LogP contribution in [0, 0.1) is 0 Å². The second kappa shape index (κ2) is 5.87. The Morgan fingerprint density at radius 2 is 2.06 bits per heavy atom. The van der Waals surface area contributed by atoms with Gasteiger partial charge in [-0.3, -0.25) is 5.10 Å². The molecule has 0 bridgehead atoms. The highest BCUT2D eigenvalue weighted by Crippen LogP contribution is 2.20. The Labute approximate surface area is 112 Å². The number of H-pyrrole nitrogens is 1. The van der Waals surface area contributed by atoms with Gasteiger partial charge in [0.05, 0.1) is 0 Å². The van der Waals surface area contributed by atoms with Crippen LogP contribution >= 0.6 is 11.8 Å². The number of rotatable bonds is 5. The average molecular weight is 259 g/mol. The van der Waals surface area contributed by atoms with Crippen molar-refractivity contribution in [2.24, 2.45) is 0 Å². The first-order valence-corrected chi connectivity index (χ1v) is 6.96. The lowest BCUT2D eigenvalue weighted by atomic mass is 10.1. The number of aryl methyl sites for hydroxylation is 1. The highest BCUT2D eigenvalue weighted by Gasteiger charge is 2.05. The minimum Gasteiger partial charge on any atom is -0.258 e. The predicted octanol–water partition coefficient (Wildman–Crippen LogP) is 3.70. The van der Waals surface area contributed by atoms with Gasteiger partial charge in [0.25, 0.3) is 0 Å². The molecule has 1 N–H and O–H groups in total. The molecule has 2 rings (SSSR count). The standard InChI is InChI=1S/C14H17N3S/c1-4-11-5-7-12(8-6-11)13-15-14(17-16-13)18-9-10(2)3/h5-8H,2,4,9H2,1,3H3,(H,15,16,17). The molecule has 0 radical (unpaired) electrons. The Morgan fingerprint density at radius 1 is 1.33 bits per heavy atom. The van der Waals surface area contributed by atoms with Crippen LogP contribution in [0.25, 0.3) is 11.4 Å². The van der Waals surface area contributed by atoms with Gasteiger partial charge in [-0.15, -0.1) is 5.10 Å². The van der Waals surface area contributed by atoms with E-state index < -0.39 is 0 Å². The molecule has 0 spiro atoms. The van der Waals surface area contributed by atoms with Crippen LogP contribution in [0.4, 0.5) is 0 Å². The predicted molar refractivity (Wildman–Crippen MR) is 76.7 cm³/mol. The van der Waals surface area contributed by atoms with Crippen LogP contribution in [-0.2, 0) is 6.42 Å². The van der Waals surface area contributed by atoms with Crippen LogP contribution in [-0.4, -0.2) is 20.9 Å².